The Balaban J connectivity index is 2.35. The van der Waals surface area contributed by atoms with Gasteiger partial charge in [0.05, 0.1) is 11.4 Å². The van der Waals surface area contributed by atoms with Gasteiger partial charge in [-0.25, -0.2) is 8.42 Å². The molecule has 1 aliphatic heterocycles. The van der Waals surface area contributed by atoms with Crippen LogP contribution in [0.5, 0.6) is 0 Å². The fraction of sp³-hybridized carbons (Fsp3) is 0.538. The average Bonchev–Trinajstić information content (AvgIpc) is 2.71. The lowest BCUT2D eigenvalue weighted by atomic mass is 10.0. The first-order valence-corrected chi connectivity index (χ1v) is 7.95. The van der Waals surface area contributed by atoms with Gasteiger partial charge in [-0.2, -0.15) is 0 Å². The molecule has 0 bridgehead atoms. The summed E-state index contributed by atoms with van der Waals surface area (Å²) in [6.07, 6.45) is 1.42. The second-order valence-corrected chi connectivity index (χ2v) is 6.83. The molecule has 2 rings (SSSR count). The Bertz CT molecular complexity index is 538. The highest BCUT2D eigenvalue weighted by atomic mass is 32.2. The third-order valence-corrected chi connectivity index (χ3v) is 5.26. The van der Waals surface area contributed by atoms with Crippen molar-refractivity contribution in [2.24, 2.45) is 5.73 Å². The number of nitrogens with two attached hydrogens (primary N) is 1. The zero-order valence-electron chi connectivity index (χ0n) is 10.9. The van der Waals surface area contributed by atoms with Crippen molar-refractivity contribution in [3.63, 3.8) is 0 Å². The summed E-state index contributed by atoms with van der Waals surface area (Å²) in [5, 5.41) is 0. The van der Waals surface area contributed by atoms with E-state index in [4.69, 9.17) is 5.73 Å². The Morgan fingerprint density at radius 3 is 2.78 bits per heavy atom. The summed E-state index contributed by atoms with van der Waals surface area (Å²) < 4.78 is 25.8. The third kappa shape index (κ3) is 2.37. The van der Waals surface area contributed by atoms with Crippen molar-refractivity contribution in [2.45, 2.75) is 32.7 Å². The van der Waals surface area contributed by atoms with Crippen molar-refractivity contribution in [1.82, 2.24) is 0 Å². The van der Waals surface area contributed by atoms with E-state index < -0.39 is 10.0 Å². The molecule has 0 aromatic heterocycles. The number of hydrogen-bond acceptors (Lipinski definition) is 3. The van der Waals surface area contributed by atoms with Crippen LogP contribution in [0.25, 0.3) is 0 Å². The normalized spacial score (nSPS) is 16.7. The standard InChI is InChI=1S/C13H20N2O2S/c1-3-8-18(16,17)15-7-6-12-9-11(10(2)14)4-5-13(12)15/h4-5,9-10H,3,6-8,14H2,1-2H3. The number of anilines is 1. The zero-order chi connectivity index (χ0) is 13.3. The van der Waals surface area contributed by atoms with Gasteiger partial charge in [0, 0.05) is 12.6 Å². The molecule has 0 saturated carbocycles. The van der Waals surface area contributed by atoms with Crippen molar-refractivity contribution in [2.75, 3.05) is 16.6 Å². The smallest absolute Gasteiger partial charge is 0.235 e. The second kappa shape index (κ2) is 4.90. The van der Waals surface area contributed by atoms with E-state index >= 15 is 0 Å². The van der Waals surface area contributed by atoms with E-state index in [9.17, 15) is 8.42 Å². The summed E-state index contributed by atoms with van der Waals surface area (Å²) in [7, 11) is -3.15. The molecule has 4 nitrogen and oxygen atoms in total. The molecule has 1 atom stereocenters. The first kappa shape index (κ1) is 13.4. The highest BCUT2D eigenvalue weighted by Crippen LogP contribution is 2.32. The average molecular weight is 268 g/mol. The van der Waals surface area contributed by atoms with Crippen LogP contribution in [-0.4, -0.2) is 20.7 Å². The van der Waals surface area contributed by atoms with Gasteiger partial charge in [-0.05, 0) is 37.0 Å². The van der Waals surface area contributed by atoms with Gasteiger partial charge in [0.1, 0.15) is 0 Å². The summed E-state index contributed by atoms with van der Waals surface area (Å²) in [4.78, 5) is 0. The minimum Gasteiger partial charge on any atom is -0.324 e. The summed E-state index contributed by atoms with van der Waals surface area (Å²) in [6, 6.07) is 5.82. The third-order valence-electron chi connectivity index (χ3n) is 3.28. The molecule has 100 valence electrons. The SMILES string of the molecule is CCCS(=O)(=O)N1CCc2cc(C(C)N)ccc21. The zero-order valence-corrected chi connectivity index (χ0v) is 11.7. The van der Waals surface area contributed by atoms with E-state index in [2.05, 4.69) is 0 Å². The molecule has 2 N–H and O–H groups in total. The van der Waals surface area contributed by atoms with Gasteiger partial charge < -0.3 is 5.73 Å². The molecule has 1 unspecified atom stereocenters. The van der Waals surface area contributed by atoms with E-state index in [1.165, 1.54) is 4.31 Å². The Kier molecular flexibility index (Phi) is 3.64. The number of benzene rings is 1. The van der Waals surface area contributed by atoms with E-state index in [0.29, 0.717) is 13.0 Å². The van der Waals surface area contributed by atoms with Crippen LogP contribution in [0.3, 0.4) is 0 Å². The summed E-state index contributed by atoms with van der Waals surface area (Å²) in [5.41, 5.74) is 8.82. The van der Waals surface area contributed by atoms with Gasteiger partial charge in [-0.3, -0.25) is 4.31 Å². The molecule has 18 heavy (non-hydrogen) atoms. The number of hydrogen-bond donors (Lipinski definition) is 1. The fourth-order valence-electron chi connectivity index (χ4n) is 2.33. The van der Waals surface area contributed by atoms with Gasteiger partial charge in [0.2, 0.25) is 10.0 Å². The van der Waals surface area contributed by atoms with E-state index in [1.54, 1.807) is 0 Å². The van der Waals surface area contributed by atoms with Crippen LogP contribution >= 0.6 is 0 Å². The molecule has 5 heteroatoms. The van der Waals surface area contributed by atoms with Crippen molar-refractivity contribution in [1.29, 1.82) is 0 Å². The Morgan fingerprint density at radius 1 is 1.44 bits per heavy atom. The van der Waals surface area contributed by atoms with Crippen LogP contribution < -0.4 is 10.0 Å². The molecular weight excluding hydrogens is 248 g/mol. The van der Waals surface area contributed by atoms with E-state index in [1.807, 2.05) is 32.0 Å². The van der Waals surface area contributed by atoms with Gasteiger partial charge in [0.25, 0.3) is 0 Å². The molecule has 0 radical (unpaired) electrons. The van der Waals surface area contributed by atoms with Crippen LogP contribution in [0.4, 0.5) is 5.69 Å². The highest BCUT2D eigenvalue weighted by Gasteiger charge is 2.28. The number of sulfonamides is 1. The summed E-state index contributed by atoms with van der Waals surface area (Å²) in [5.74, 6) is 0.210. The van der Waals surface area contributed by atoms with Gasteiger partial charge in [-0.15, -0.1) is 0 Å². The predicted octanol–water partition coefficient (Wildman–Crippen LogP) is 1.81. The molecule has 0 saturated heterocycles. The Hall–Kier alpha value is -1.07. The largest absolute Gasteiger partial charge is 0.324 e. The van der Waals surface area contributed by atoms with Crippen molar-refractivity contribution in [3.8, 4) is 0 Å². The molecule has 1 heterocycles. The second-order valence-electron chi connectivity index (χ2n) is 4.81. The van der Waals surface area contributed by atoms with Crippen LogP contribution in [0.1, 0.15) is 37.4 Å². The topological polar surface area (TPSA) is 63.4 Å². The monoisotopic (exact) mass is 268 g/mol. The molecule has 1 aromatic carbocycles. The van der Waals surface area contributed by atoms with Crippen LogP contribution in [0.2, 0.25) is 0 Å². The maximum absolute atomic E-state index is 12.1. The maximum Gasteiger partial charge on any atom is 0.235 e. The molecule has 0 amide bonds. The van der Waals surface area contributed by atoms with Gasteiger partial charge in [-0.1, -0.05) is 19.1 Å². The minimum absolute atomic E-state index is 0.0170. The lowest BCUT2D eigenvalue weighted by molar-refractivity contribution is 0.591. The molecule has 0 spiro atoms. The quantitative estimate of drug-likeness (QED) is 0.905. The molecule has 0 fully saturated rings. The number of rotatable bonds is 4. The van der Waals surface area contributed by atoms with E-state index in [0.717, 1.165) is 23.2 Å². The van der Waals surface area contributed by atoms with Crippen molar-refractivity contribution in [3.05, 3.63) is 29.3 Å². The maximum atomic E-state index is 12.1. The fourth-order valence-corrected chi connectivity index (χ4v) is 3.92. The lowest BCUT2D eigenvalue weighted by Crippen LogP contribution is -2.31. The molecular formula is C13H20N2O2S. The first-order chi connectivity index (χ1) is 8.45. The van der Waals surface area contributed by atoms with Gasteiger partial charge in [0.15, 0.2) is 0 Å². The summed E-state index contributed by atoms with van der Waals surface area (Å²) >= 11 is 0. The molecule has 1 aromatic rings. The Morgan fingerprint density at radius 2 is 2.17 bits per heavy atom. The first-order valence-electron chi connectivity index (χ1n) is 6.34. The summed E-state index contributed by atoms with van der Waals surface area (Å²) in [6.45, 7) is 4.37. The molecule has 0 aliphatic carbocycles. The highest BCUT2D eigenvalue weighted by molar-refractivity contribution is 7.92. The van der Waals surface area contributed by atoms with E-state index in [-0.39, 0.29) is 11.8 Å². The minimum atomic E-state index is -3.15. The van der Waals surface area contributed by atoms with Crippen molar-refractivity contribution < 1.29 is 8.42 Å². The Labute approximate surface area is 109 Å². The lowest BCUT2D eigenvalue weighted by Gasteiger charge is -2.19. The van der Waals surface area contributed by atoms with Gasteiger partial charge >= 0.3 is 0 Å². The van der Waals surface area contributed by atoms with Crippen LogP contribution in [-0.2, 0) is 16.4 Å². The predicted molar refractivity (Wildman–Crippen MR) is 74.2 cm³/mol. The van der Waals surface area contributed by atoms with Crippen molar-refractivity contribution >= 4 is 15.7 Å². The number of nitrogens with zero attached hydrogens (tertiary/aromatic N) is 1. The van der Waals surface area contributed by atoms with Crippen LogP contribution in [0.15, 0.2) is 18.2 Å². The molecule has 1 aliphatic rings. The van der Waals surface area contributed by atoms with Crippen LogP contribution in [0, 0.1) is 0 Å². The number of fused-ring (bicyclic) bond motifs is 1.